The third-order valence-electron chi connectivity index (χ3n) is 5.05. The third-order valence-corrected chi connectivity index (χ3v) is 6.66. The smallest absolute Gasteiger partial charge is 0.123 e. The van der Waals surface area contributed by atoms with E-state index in [-0.39, 0.29) is 29.6 Å². The van der Waals surface area contributed by atoms with Crippen LogP contribution in [0.25, 0.3) is 0 Å². The summed E-state index contributed by atoms with van der Waals surface area (Å²) < 4.78 is 13.2. The number of unbranched alkanes of at least 4 members (excludes halogenated alkanes) is 1. The Labute approximate surface area is 170 Å². The van der Waals surface area contributed by atoms with Gasteiger partial charge in [-0.3, -0.25) is 0 Å². The average molecular weight is 417 g/mol. The minimum atomic E-state index is -0.720. The Balaban J connectivity index is 1.84. The van der Waals surface area contributed by atoms with Gasteiger partial charge in [-0.1, -0.05) is 24.3 Å². The van der Waals surface area contributed by atoms with Crippen LogP contribution in [0.1, 0.15) is 31.2 Å². The molecule has 2 rings (SSSR count). The SMILES string of the molecule is OCCCCSCC[C@@H]1[C@@H](/C=C/[C@@H](O)Cc2cccc(F)c2)[C@H](O)C[C@H]1Cl. The van der Waals surface area contributed by atoms with Gasteiger partial charge in [0.05, 0.1) is 12.2 Å². The van der Waals surface area contributed by atoms with Crippen molar-refractivity contribution in [3.63, 3.8) is 0 Å². The van der Waals surface area contributed by atoms with Gasteiger partial charge in [0.1, 0.15) is 5.82 Å². The predicted octanol–water partition coefficient (Wildman–Crippen LogP) is 3.79. The number of aliphatic hydroxyl groups excluding tert-OH is 3. The normalized spacial score (nSPS) is 26.7. The minimum absolute atomic E-state index is 0.0620. The van der Waals surface area contributed by atoms with Crippen molar-refractivity contribution in [1.82, 2.24) is 0 Å². The molecule has 3 N–H and O–H groups in total. The topological polar surface area (TPSA) is 60.7 Å². The maximum atomic E-state index is 13.2. The van der Waals surface area contributed by atoms with E-state index in [0.29, 0.717) is 12.8 Å². The van der Waals surface area contributed by atoms with Crippen LogP contribution in [0.3, 0.4) is 0 Å². The summed E-state index contributed by atoms with van der Waals surface area (Å²) in [6.45, 7) is 0.240. The fourth-order valence-electron chi connectivity index (χ4n) is 3.60. The van der Waals surface area contributed by atoms with Crippen molar-refractivity contribution in [2.45, 2.75) is 49.7 Å². The number of hydrogen-bond acceptors (Lipinski definition) is 4. The van der Waals surface area contributed by atoms with E-state index in [4.69, 9.17) is 16.7 Å². The molecular weight excluding hydrogens is 387 g/mol. The highest BCUT2D eigenvalue weighted by Crippen LogP contribution is 2.39. The molecule has 3 nitrogen and oxygen atoms in total. The number of rotatable bonds is 11. The second kappa shape index (κ2) is 12.1. The van der Waals surface area contributed by atoms with Crippen LogP contribution in [0.15, 0.2) is 36.4 Å². The highest BCUT2D eigenvalue weighted by atomic mass is 35.5. The van der Waals surface area contributed by atoms with Gasteiger partial charge in [-0.15, -0.1) is 11.6 Å². The van der Waals surface area contributed by atoms with Gasteiger partial charge in [0.25, 0.3) is 0 Å². The molecule has 0 radical (unpaired) electrons. The molecule has 1 aromatic rings. The van der Waals surface area contributed by atoms with Crippen molar-refractivity contribution in [2.24, 2.45) is 11.8 Å². The Bertz CT molecular complexity index is 586. The Morgan fingerprint density at radius 3 is 2.85 bits per heavy atom. The van der Waals surface area contributed by atoms with Crippen LogP contribution in [0, 0.1) is 17.7 Å². The van der Waals surface area contributed by atoms with E-state index < -0.39 is 12.2 Å². The summed E-state index contributed by atoms with van der Waals surface area (Å²) in [5.41, 5.74) is 0.741. The number of benzene rings is 1. The van der Waals surface area contributed by atoms with E-state index in [9.17, 15) is 14.6 Å². The molecule has 6 heteroatoms. The Morgan fingerprint density at radius 2 is 2.11 bits per heavy atom. The number of aliphatic hydroxyl groups is 3. The van der Waals surface area contributed by atoms with Crippen molar-refractivity contribution >= 4 is 23.4 Å². The van der Waals surface area contributed by atoms with Gasteiger partial charge in [0.2, 0.25) is 0 Å². The quantitative estimate of drug-likeness (QED) is 0.292. The van der Waals surface area contributed by atoms with Gasteiger partial charge in [0.15, 0.2) is 0 Å². The standard InChI is InChI=1S/C21H30ClFO3S/c22-20-14-21(26)19(18(20)8-11-27-10-2-1-9-24)7-6-17(25)13-15-4-3-5-16(23)12-15/h3-7,12,17-21,24-26H,1-2,8-11,13-14H2/b7-6+/t17-,18-,19-,20-,21-/m1/s1. The molecule has 0 aliphatic heterocycles. The molecule has 1 fully saturated rings. The summed E-state index contributed by atoms with van der Waals surface area (Å²) in [6.07, 6.45) is 6.05. The number of hydrogen-bond donors (Lipinski definition) is 3. The Morgan fingerprint density at radius 1 is 1.30 bits per heavy atom. The highest BCUT2D eigenvalue weighted by molar-refractivity contribution is 7.99. The van der Waals surface area contributed by atoms with Crippen LogP contribution in [0.2, 0.25) is 0 Å². The van der Waals surface area contributed by atoms with Crippen LogP contribution in [0.5, 0.6) is 0 Å². The molecule has 1 aromatic carbocycles. The second-order valence-electron chi connectivity index (χ2n) is 7.18. The summed E-state index contributed by atoms with van der Waals surface area (Å²) in [5.74, 6) is 1.81. The molecule has 5 atom stereocenters. The zero-order valence-corrected chi connectivity index (χ0v) is 17.1. The molecule has 0 bridgehead atoms. The predicted molar refractivity (Wildman–Crippen MR) is 111 cm³/mol. The molecule has 0 heterocycles. The zero-order chi connectivity index (χ0) is 19.6. The van der Waals surface area contributed by atoms with E-state index >= 15 is 0 Å². The van der Waals surface area contributed by atoms with Gasteiger partial charge in [0, 0.05) is 24.3 Å². The van der Waals surface area contributed by atoms with Crippen LogP contribution in [-0.2, 0) is 6.42 Å². The molecule has 0 spiro atoms. The fraction of sp³-hybridized carbons (Fsp3) is 0.619. The molecule has 27 heavy (non-hydrogen) atoms. The van der Waals surface area contributed by atoms with Crippen molar-refractivity contribution in [3.8, 4) is 0 Å². The van der Waals surface area contributed by atoms with E-state index in [1.165, 1.54) is 12.1 Å². The fourth-order valence-corrected chi connectivity index (χ4v) is 5.13. The van der Waals surface area contributed by atoms with Crippen LogP contribution >= 0.6 is 23.4 Å². The first kappa shape index (κ1) is 22.7. The molecule has 1 aliphatic rings. The van der Waals surface area contributed by atoms with Crippen LogP contribution in [-0.4, -0.2) is 51.0 Å². The van der Waals surface area contributed by atoms with Crippen molar-refractivity contribution in [2.75, 3.05) is 18.1 Å². The van der Waals surface area contributed by atoms with Crippen LogP contribution < -0.4 is 0 Å². The number of alkyl halides is 1. The summed E-state index contributed by atoms with van der Waals surface area (Å²) in [4.78, 5) is 0. The summed E-state index contributed by atoms with van der Waals surface area (Å²) in [6, 6.07) is 6.23. The third kappa shape index (κ3) is 7.74. The molecular formula is C21H30ClFO3S. The van der Waals surface area contributed by atoms with E-state index in [2.05, 4.69) is 0 Å². The lowest BCUT2D eigenvalue weighted by Crippen LogP contribution is -2.20. The lowest BCUT2D eigenvalue weighted by molar-refractivity contribution is 0.140. The number of thioether (sulfide) groups is 1. The summed E-state index contributed by atoms with van der Waals surface area (Å²) >= 11 is 8.30. The van der Waals surface area contributed by atoms with Crippen molar-refractivity contribution < 1.29 is 19.7 Å². The first-order valence-corrected chi connectivity index (χ1v) is 11.2. The largest absolute Gasteiger partial charge is 0.396 e. The van der Waals surface area contributed by atoms with Gasteiger partial charge >= 0.3 is 0 Å². The lowest BCUT2D eigenvalue weighted by atomic mass is 9.91. The number of halogens is 2. The summed E-state index contributed by atoms with van der Waals surface area (Å²) in [7, 11) is 0. The first-order chi connectivity index (χ1) is 13.0. The van der Waals surface area contributed by atoms with E-state index in [1.807, 2.05) is 17.8 Å². The van der Waals surface area contributed by atoms with Gasteiger partial charge in [-0.05, 0) is 60.8 Å². The van der Waals surface area contributed by atoms with Gasteiger partial charge < -0.3 is 15.3 Å². The summed E-state index contributed by atoms with van der Waals surface area (Å²) in [5, 5.41) is 29.3. The zero-order valence-electron chi connectivity index (χ0n) is 15.5. The molecule has 0 aromatic heterocycles. The van der Waals surface area contributed by atoms with Crippen LogP contribution in [0.4, 0.5) is 4.39 Å². The Hall–Kier alpha value is -0.590. The average Bonchev–Trinajstić information content (AvgIpc) is 2.89. The van der Waals surface area contributed by atoms with Gasteiger partial charge in [-0.2, -0.15) is 11.8 Å². The molecule has 1 saturated carbocycles. The molecule has 1 aliphatic carbocycles. The Kier molecular flexibility index (Phi) is 10.2. The monoisotopic (exact) mass is 416 g/mol. The molecule has 0 unspecified atom stereocenters. The molecule has 152 valence electrons. The van der Waals surface area contributed by atoms with Crippen molar-refractivity contribution in [3.05, 3.63) is 47.8 Å². The molecule has 0 saturated heterocycles. The van der Waals surface area contributed by atoms with E-state index in [1.54, 1.807) is 18.2 Å². The van der Waals surface area contributed by atoms with E-state index in [0.717, 1.165) is 36.3 Å². The second-order valence-corrected chi connectivity index (χ2v) is 8.96. The highest BCUT2D eigenvalue weighted by Gasteiger charge is 2.39. The maximum absolute atomic E-state index is 13.2. The van der Waals surface area contributed by atoms with Gasteiger partial charge in [-0.25, -0.2) is 4.39 Å². The molecule has 0 amide bonds. The lowest BCUT2D eigenvalue weighted by Gasteiger charge is -2.21. The minimum Gasteiger partial charge on any atom is -0.396 e. The first-order valence-electron chi connectivity index (χ1n) is 9.63. The van der Waals surface area contributed by atoms with Crippen molar-refractivity contribution in [1.29, 1.82) is 0 Å². The maximum Gasteiger partial charge on any atom is 0.123 e.